The molecule has 0 aromatic carbocycles. The molecule has 2 amide bonds. The highest BCUT2D eigenvalue weighted by Crippen LogP contribution is 2.25. The minimum Gasteiger partial charge on any atom is -0.479 e. The maximum Gasteiger partial charge on any atom is 0.329 e. The van der Waals surface area contributed by atoms with Gasteiger partial charge in [-0.15, -0.1) is 0 Å². The number of aromatic nitrogens is 2. The van der Waals surface area contributed by atoms with Crippen molar-refractivity contribution in [3.63, 3.8) is 0 Å². The molecule has 1 aromatic rings. The topological polar surface area (TPSA) is 81.3 Å². The number of methoxy groups -OCH3 is 1. The van der Waals surface area contributed by atoms with Gasteiger partial charge in [-0.2, -0.15) is 4.98 Å². The van der Waals surface area contributed by atoms with E-state index in [2.05, 4.69) is 22.8 Å². The number of primary amides is 1. The molecule has 0 bridgehead atoms. The molecular weight excluding hydrogens is 204 g/mol. The molecule has 1 heterocycles. The van der Waals surface area contributed by atoms with Crippen molar-refractivity contribution >= 4 is 24.5 Å². The number of nitrogens with two attached hydrogens (primary N) is 1. The molecule has 0 aliphatic rings. The van der Waals surface area contributed by atoms with Crippen LogP contribution in [-0.4, -0.2) is 23.1 Å². The van der Waals surface area contributed by atoms with Crippen molar-refractivity contribution < 1.29 is 9.53 Å². The van der Waals surface area contributed by atoms with E-state index in [9.17, 15) is 4.79 Å². The average molecular weight is 214 g/mol. The second kappa shape index (κ2) is 4.14. The van der Waals surface area contributed by atoms with Crippen LogP contribution < -0.4 is 14.8 Å². The molecule has 1 aromatic heterocycles. The fourth-order valence-electron chi connectivity index (χ4n) is 0.857. The molecule has 7 heteroatoms. The van der Waals surface area contributed by atoms with Gasteiger partial charge in [0.2, 0.25) is 5.88 Å². The Bertz CT molecular complexity index is 358. The fraction of sp³-hybridized carbons (Fsp3) is 0.286. The summed E-state index contributed by atoms with van der Waals surface area (Å²) in [4.78, 5) is 18.7. The van der Waals surface area contributed by atoms with E-state index in [1.807, 2.05) is 0 Å². The lowest BCUT2D eigenvalue weighted by atomic mass is 10.5. The van der Waals surface area contributed by atoms with Gasteiger partial charge >= 0.3 is 6.03 Å². The Hall–Kier alpha value is -1.50. The number of hydrogen-bond acceptors (Lipinski definition) is 5. The van der Waals surface area contributed by atoms with Crippen LogP contribution in [0.25, 0.3) is 0 Å². The van der Waals surface area contributed by atoms with Gasteiger partial charge in [0.1, 0.15) is 11.5 Å². The normalized spacial score (nSPS) is 9.64. The molecule has 0 spiro atoms. The van der Waals surface area contributed by atoms with Crippen LogP contribution in [0.5, 0.6) is 5.88 Å². The van der Waals surface area contributed by atoms with Gasteiger partial charge in [-0.25, -0.2) is 14.1 Å². The zero-order valence-electron chi connectivity index (χ0n) is 7.76. The molecular formula is C7H10N4O2S. The summed E-state index contributed by atoms with van der Waals surface area (Å²) in [5.41, 5.74) is 5.34. The first-order valence-corrected chi connectivity index (χ1v) is 4.12. The molecule has 0 aliphatic heterocycles. The maximum atomic E-state index is 10.8. The molecule has 6 nitrogen and oxygen atoms in total. The van der Waals surface area contributed by atoms with Crippen molar-refractivity contribution in [2.45, 2.75) is 6.92 Å². The Labute approximate surface area is 86.6 Å². The summed E-state index contributed by atoms with van der Waals surface area (Å²) < 4.78 is 5.86. The van der Waals surface area contributed by atoms with E-state index in [0.717, 1.165) is 4.31 Å². The number of rotatable bonds is 2. The van der Waals surface area contributed by atoms with Crippen molar-refractivity contribution in [2.24, 2.45) is 5.73 Å². The number of aryl methyl sites for hydroxylation is 1. The predicted octanol–water partition coefficient (Wildman–Crippen LogP) is 0.524. The number of nitrogens with zero attached hydrogens (tertiary/aromatic N) is 3. The number of thiol groups is 1. The number of amides is 2. The predicted molar refractivity (Wildman–Crippen MR) is 54.4 cm³/mol. The van der Waals surface area contributed by atoms with Crippen LogP contribution in [0.15, 0.2) is 6.20 Å². The number of anilines is 1. The van der Waals surface area contributed by atoms with Gasteiger partial charge in [0.25, 0.3) is 0 Å². The van der Waals surface area contributed by atoms with Crippen LogP contribution in [0.1, 0.15) is 5.82 Å². The van der Waals surface area contributed by atoms with E-state index in [4.69, 9.17) is 10.5 Å². The molecule has 0 aliphatic carbocycles. The minimum atomic E-state index is -0.723. The Morgan fingerprint density at radius 2 is 2.36 bits per heavy atom. The summed E-state index contributed by atoms with van der Waals surface area (Å²) in [5, 5.41) is 0. The SMILES string of the molecule is COc1nc(C)ncc1N(S)C(N)=O. The van der Waals surface area contributed by atoms with E-state index >= 15 is 0 Å². The summed E-state index contributed by atoms with van der Waals surface area (Å²) in [5.74, 6) is 0.795. The summed E-state index contributed by atoms with van der Waals surface area (Å²) in [6.07, 6.45) is 1.42. The molecule has 76 valence electrons. The number of urea groups is 1. The van der Waals surface area contributed by atoms with Gasteiger partial charge < -0.3 is 10.5 Å². The third-order valence-electron chi connectivity index (χ3n) is 1.49. The first kappa shape index (κ1) is 10.6. The second-order valence-corrected chi connectivity index (χ2v) is 2.86. The smallest absolute Gasteiger partial charge is 0.329 e. The molecule has 0 radical (unpaired) electrons. The van der Waals surface area contributed by atoms with Crippen molar-refractivity contribution in [2.75, 3.05) is 11.4 Å². The third-order valence-corrected chi connectivity index (χ3v) is 1.90. The Kier molecular flexibility index (Phi) is 3.13. The molecule has 0 unspecified atom stereocenters. The summed E-state index contributed by atoms with van der Waals surface area (Å²) in [6.45, 7) is 1.71. The lowest BCUT2D eigenvalue weighted by Crippen LogP contribution is -2.27. The third kappa shape index (κ3) is 2.05. The van der Waals surface area contributed by atoms with Crippen LogP contribution in [0.4, 0.5) is 10.5 Å². The first-order valence-electron chi connectivity index (χ1n) is 3.72. The zero-order chi connectivity index (χ0) is 10.7. The van der Waals surface area contributed by atoms with Crippen LogP contribution in [0, 0.1) is 6.92 Å². The highest BCUT2D eigenvalue weighted by Gasteiger charge is 2.15. The van der Waals surface area contributed by atoms with Crippen LogP contribution in [-0.2, 0) is 0 Å². The Morgan fingerprint density at radius 1 is 1.71 bits per heavy atom. The van der Waals surface area contributed by atoms with Gasteiger partial charge in [-0.05, 0) is 6.92 Å². The van der Waals surface area contributed by atoms with E-state index < -0.39 is 6.03 Å². The fourth-order valence-corrected chi connectivity index (χ4v) is 0.994. The molecule has 0 saturated carbocycles. The Morgan fingerprint density at radius 3 is 2.86 bits per heavy atom. The van der Waals surface area contributed by atoms with Crippen LogP contribution in [0.3, 0.4) is 0 Å². The van der Waals surface area contributed by atoms with Gasteiger partial charge in [0, 0.05) is 0 Å². The molecule has 2 N–H and O–H groups in total. The quantitative estimate of drug-likeness (QED) is 0.703. The van der Waals surface area contributed by atoms with E-state index in [0.29, 0.717) is 11.5 Å². The highest BCUT2D eigenvalue weighted by atomic mass is 32.1. The molecule has 0 fully saturated rings. The molecule has 0 saturated heterocycles. The average Bonchev–Trinajstić information content (AvgIpc) is 2.16. The summed E-state index contributed by atoms with van der Waals surface area (Å²) >= 11 is 3.87. The number of ether oxygens (including phenoxy) is 1. The molecule has 14 heavy (non-hydrogen) atoms. The highest BCUT2D eigenvalue weighted by molar-refractivity contribution is 7.82. The number of carbonyl (C=O) groups excluding carboxylic acids is 1. The Balaban J connectivity index is 3.13. The maximum absolute atomic E-state index is 10.8. The van der Waals surface area contributed by atoms with E-state index in [-0.39, 0.29) is 5.88 Å². The van der Waals surface area contributed by atoms with Gasteiger partial charge in [-0.3, -0.25) is 0 Å². The number of carbonyl (C=O) groups is 1. The zero-order valence-corrected chi connectivity index (χ0v) is 8.65. The van der Waals surface area contributed by atoms with Crippen LogP contribution in [0.2, 0.25) is 0 Å². The van der Waals surface area contributed by atoms with E-state index in [1.165, 1.54) is 13.3 Å². The van der Waals surface area contributed by atoms with Crippen molar-refractivity contribution in [3.05, 3.63) is 12.0 Å². The first-order chi connectivity index (χ1) is 6.56. The van der Waals surface area contributed by atoms with Gasteiger partial charge in [0.05, 0.1) is 13.3 Å². The van der Waals surface area contributed by atoms with Crippen molar-refractivity contribution in [1.82, 2.24) is 9.97 Å². The number of hydrogen-bond donors (Lipinski definition) is 2. The standard InChI is InChI=1S/C7H10N4O2S/c1-4-9-3-5(6(10-4)13-2)11(14)7(8)12/h3,14H,1-2H3,(H2,8,12). The monoisotopic (exact) mass is 214 g/mol. The summed E-state index contributed by atoms with van der Waals surface area (Å²) in [6, 6.07) is -0.723. The van der Waals surface area contributed by atoms with Crippen LogP contribution >= 0.6 is 12.8 Å². The van der Waals surface area contributed by atoms with Gasteiger partial charge in [-0.1, -0.05) is 12.8 Å². The van der Waals surface area contributed by atoms with E-state index in [1.54, 1.807) is 6.92 Å². The second-order valence-electron chi connectivity index (χ2n) is 2.46. The summed E-state index contributed by atoms with van der Waals surface area (Å²) in [7, 11) is 1.44. The lowest BCUT2D eigenvalue weighted by molar-refractivity contribution is 0.257. The lowest BCUT2D eigenvalue weighted by Gasteiger charge is -2.14. The molecule has 1 rings (SSSR count). The van der Waals surface area contributed by atoms with Gasteiger partial charge in [0.15, 0.2) is 0 Å². The minimum absolute atomic E-state index is 0.256. The van der Waals surface area contributed by atoms with Crippen molar-refractivity contribution in [3.8, 4) is 5.88 Å². The molecule has 0 atom stereocenters. The van der Waals surface area contributed by atoms with Crippen molar-refractivity contribution in [1.29, 1.82) is 0 Å². The largest absolute Gasteiger partial charge is 0.479 e.